The van der Waals surface area contributed by atoms with E-state index in [2.05, 4.69) is 15.4 Å². The number of alkyl halides is 2. The molecule has 0 aliphatic heterocycles. The summed E-state index contributed by atoms with van der Waals surface area (Å²) in [7, 11) is -2.36. The number of sulfonamides is 1. The molecule has 10 heteroatoms. The molecule has 0 unspecified atom stereocenters. The SMILES string of the molecule is CN(c1ccccc1)S(=O)(=O)c1cccc(NCC(=O)Nc2ccccc2OC(F)F)c1. The molecule has 1 amide bonds. The molecule has 0 saturated carbocycles. The number of anilines is 3. The molecule has 2 N–H and O–H groups in total. The van der Waals surface area contributed by atoms with Gasteiger partial charge in [-0.2, -0.15) is 8.78 Å². The predicted molar refractivity (Wildman–Crippen MR) is 119 cm³/mol. The van der Waals surface area contributed by atoms with Gasteiger partial charge < -0.3 is 15.4 Å². The van der Waals surface area contributed by atoms with Crippen LogP contribution in [0.3, 0.4) is 0 Å². The third-order valence-corrected chi connectivity index (χ3v) is 6.22. The van der Waals surface area contributed by atoms with E-state index in [9.17, 15) is 22.0 Å². The number of rotatable bonds is 9. The molecular weight excluding hydrogens is 440 g/mol. The van der Waals surface area contributed by atoms with Crippen LogP contribution in [0.25, 0.3) is 0 Å². The molecular formula is C22H21F2N3O4S. The second-order valence-electron chi connectivity index (χ2n) is 6.61. The molecule has 0 heterocycles. The number of nitrogens with one attached hydrogen (secondary N) is 2. The van der Waals surface area contributed by atoms with Crippen molar-refractivity contribution in [3.8, 4) is 5.75 Å². The summed E-state index contributed by atoms with van der Waals surface area (Å²) in [5, 5.41) is 5.32. The first-order valence-corrected chi connectivity index (χ1v) is 10.9. The van der Waals surface area contributed by atoms with Crippen LogP contribution >= 0.6 is 0 Å². The number of halogens is 2. The smallest absolute Gasteiger partial charge is 0.387 e. The molecule has 0 aromatic heterocycles. The zero-order valence-corrected chi connectivity index (χ0v) is 17.9. The van der Waals surface area contributed by atoms with Crippen LogP contribution in [-0.4, -0.2) is 34.5 Å². The Hall–Kier alpha value is -3.66. The van der Waals surface area contributed by atoms with Gasteiger partial charge in [0.1, 0.15) is 5.75 Å². The second-order valence-corrected chi connectivity index (χ2v) is 8.58. The lowest BCUT2D eigenvalue weighted by Crippen LogP contribution is -2.26. The second kappa shape index (κ2) is 10.1. The maximum absolute atomic E-state index is 12.9. The lowest BCUT2D eigenvalue weighted by Gasteiger charge is -2.20. The molecule has 0 bridgehead atoms. The summed E-state index contributed by atoms with van der Waals surface area (Å²) in [4.78, 5) is 12.3. The molecule has 32 heavy (non-hydrogen) atoms. The highest BCUT2D eigenvalue weighted by Gasteiger charge is 2.21. The summed E-state index contributed by atoms with van der Waals surface area (Å²) in [6, 6.07) is 20.5. The van der Waals surface area contributed by atoms with Crippen LogP contribution in [-0.2, 0) is 14.8 Å². The van der Waals surface area contributed by atoms with E-state index in [1.807, 2.05) is 0 Å². The number of hydrogen-bond acceptors (Lipinski definition) is 5. The van der Waals surface area contributed by atoms with Crippen molar-refractivity contribution in [1.82, 2.24) is 0 Å². The number of hydrogen-bond donors (Lipinski definition) is 2. The van der Waals surface area contributed by atoms with E-state index in [0.717, 1.165) is 0 Å². The van der Waals surface area contributed by atoms with E-state index in [1.54, 1.807) is 48.5 Å². The van der Waals surface area contributed by atoms with E-state index < -0.39 is 22.5 Å². The summed E-state index contributed by atoms with van der Waals surface area (Å²) in [5.41, 5.74) is 1.01. The maximum atomic E-state index is 12.9. The maximum Gasteiger partial charge on any atom is 0.387 e. The summed E-state index contributed by atoms with van der Waals surface area (Å²) in [6.45, 7) is -3.24. The van der Waals surface area contributed by atoms with Crippen LogP contribution in [0.5, 0.6) is 5.75 Å². The van der Waals surface area contributed by atoms with E-state index in [0.29, 0.717) is 11.4 Å². The van der Waals surface area contributed by atoms with Gasteiger partial charge in [0.15, 0.2) is 0 Å². The lowest BCUT2D eigenvalue weighted by molar-refractivity contribution is -0.114. The fourth-order valence-electron chi connectivity index (χ4n) is 2.85. The molecule has 0 aliphatic carbocycles. The van der Waals surface area contributed by atoms with Gasteiger partial charge in [-0.15, -0.1) is 0 Å². The van der Waals surface area contributed by atoms with Crippen molar-refractivity contribution in [2.75, 3.05) is 28.5 Å². The number of para-hydroxylation sites is 3. The van der Waals surface area contributed by atoms with Gasteiger partial charge in [-0.1, -0.05) is 36.4 Å². The quantitative estimate of drug-likeness (QED) is 0.500. The third kappa shape index (κ3) is 5.73. The van der Waals surface area contributed by atoms with Crippen molar-refractivity contribution in [1.29, 1.82) is 0 Å². The lowest BCUT2D eigenvalue weighted by atomic mass is 10.3. The van der Waals surface area contributed by atoms with Crippen LogP contribution in [0.1, 0.15) is 0 Å². The van der Waals surface area contributed by atoms with Gasteiger partial charge in [0, 0.05) is 12.7 Å². The summed E-state index contributed by atoms with van der Waals surface area (Å²) in [5.74, 6) is -0.683. The van der Waals surface area contributed by atoms with E-state index in [-0.39, 0.29) is 22.9 Å². The van der Waals surface area contributed by atoms with Gasteiger partial charge in [-0.3, -0.25) is 9.10 Å². The minimum absolute atomic E-state index is 0.0462. The molecule has 3 aromatic carbocycles. The Morgan fingerprint density at radius 2 is 1.69 bits per heavy atom. The van der Waals surface area contributed by atoms with E-state index >= 15 is 0 Å². The van der Waals surface area contributed by atoms with Crippen molar-refractivity contribution in [2.45, 2.75) is 11.5 Å². The monoisotopic (exact) mass is 461 g/mol. The van der Waals surface area contributed by atoms with Crippen molar-refractivity contribution in [3.63, 3.8) is 0 Å². The van der Waals surface area contributed by atoms with Gasteiger partial charge in [-0.25, -0.2) is 8.42 Å². The van der Waals surface area contributed by atoms with Crippen molar-refractivity contribution in [3.05, 3.63) is 78.9 Å². The molecule has 168 valence electrons. The molecule has 7 nitrogen and oxygen atoms in total. The van der Waals surface area contributed by atoms with Crippen LogP contribution in [0, 0.1) is 0 Å². The topological polar surface area (TPSA) is 87.7 Å². The predicted octanol–water partition coefficient (Wildman–Crippen LogP) is 4.16. The summed E-state index contributed by atoms with van der Waals surface area (Å²) < 4.78 is 56.4. The molecule has 0 radical (unpaired) electrons. The van der Waals surface area contributed by atoms with Gasteiger partial charge in [-0.05, 0) is 42.5 Å². The van der Waals surface area contributed by atoms with Crippen LogP contribution < -0.4 is 19.7 Å². The first-order chi connectivity index (χ1) is 15.3. The highest BCUT2D eigenvalue weighted by atomic mass is 32.2. The Morgan fingerprint density at radius 1 is 1.00 bits per heavy atom. The average Bonchev–Trinajstić information content (AvgIpc) is 2.79. The third-order valence-electron chi connectivity index (χ3n) is 4.44. The summed E-state index contributed by atoms with van der Waals surface area (Å²) >= 11 is 0. The standard InChI is InChI=1S/C22H21F2N3O4S/c1-27(17-9-3-2-4-10-17)32(29,30)18-11-7-8-16(14-18)25-15-21(28)26-19-12-5-6-13-20(19)31-22(23)24/h2-14,22,25H,15H2,1H3,(H,26,28). The molecule has 0 spiro atoms. The van der Waals surface area contributed by atoms with Gasteiger partial charge in [0.05, 0.1) is 22.8 Å². The number of carbonyl (C=O) groups is 1. The Labute approximate surface area is 184 Å². The molecule has 0 fully saturated rings. The number of carbonyl (C=O) groups excluding carboxylic acids is 1. The Kier molecular flexibility index (Phi) is 7.26. The summed E-state index contributed by atoms with van der Waals surface area (Å²) in [6.07, 6.45) is 0. The fraction of sp³-hybridized carbons (Fsp3) is 0.136. The van der Waals surface area contributed by atoms with Crippen LogP contribution in [0.4, 0.5) is 25.8 Å². The molecule has 3 aromatic rings. The van der Waals surface area contributed by atoms with E-state index in [4.69, 9.17) is 0 Å². The molecule has 0 saturated heterocycles. The normalized spacial score (nSPS) is 11.1. The number of amides is 1. The zero-order valence-electron chi connectivity index (χ0n) is 17.0. The zero-order chi connectivity index (χ0) is 23.1. The van der Waals surface area contributed by atoms with Crippen molar-refractivity contribution < 1.29 is 26.7 Å². The van der Waals surface area contributed by atoms with Crippen molar-refractivity contribution in [2.24, 2.45) is 0 Å². The molecule has 0 aliphatic rings. The minimum Gasteiger partial charge on any atom is -0.433 e. The number of ether oxygens (including phenoxy) is 1. The van der Waals surface area contributed by atoms with Gasteiger partial charge in [0.2, 0.25) is 5.91 Å². The Balaban J connectivity index is 1.67. The average molecular weight is 461 g/mol. The first kappa shape index (κ1) is 23.0. The van der Waals surface area contributed by atoms with E-state index in [1.165, 1.54) is 41.7 Å². The van der Waals surface area contributed by atoms with Crippen LogP contribution in [0.15, 0.2) is 83.8 Å². The Morgan fingerprint density at radius 3 is 2.41 bits per heavy atom. The first-order valence-electron chi connectivity index (χ1n) is 9.49. The Bertz CT molecular complexity index is 1170. The highest BCUT2D eigenvalue weighted by Crippen LogP contribution is 2.26. The van der Waals surface area contributed by atoms with Crippen molar-refractivity contribution >= 4 is 33.0 Å². The number of benzene rings is 3. The van der Waals surface area contributed by atoms with Crippen LogP contribution in [0.2, 0.25) is 0 Å². The largest absolute Gasteiger partial charge is 0.433 e. The van der Waals surface area contributed by atoms with Gasteiger partial charge >= 0.3 is 6.61 Å². The van der Waals surface area contributed by atoms with Gasteiger partial charge in [0.25, 0.3) is 10.0 Å². The molecule has 0 atom stereocenters. The minimum atomic E-state index is -3.81. The number of nitrogens with zero attached hydrogens (tertiary/aromatic N) is 1. The highest BCUT2D eigenvalue weighted by molar-refractivity contribution is 7.92. The molecule has 3 rings (SSSR count). The fourth-order valence-corrected chi connectivity index (χ4v) is 4.09.